The first kappa shape index (κ1) is 29.6. The normalized spacial score (nSPS) is 16.1. The van der Waals surface area contributed by atoms with Crippen LogP contribution < -0.4 is 14.3 Å². The predicted molar refractivity (Wildman–Crippen MR) is 206 cm³/mol. The SMILES string of the molecule is Cc1ccc2c(c1)C1(c3ccc4c(oc5ccccc54)c3-c3n(-c4ccccc4)c4ccccc4[n+]31)[n+]1cc([Si](C)(C)C)c(CC(C)C)cc1-2. The van der Waals surface area contributed by atoms with Crippen LogP contribution in [0.25, 0.3) is 61.3 Å². The van der Waals surface area contributed by atoms with Crippen LogP contribution in [0.1, 0.15) is 36.1 Å². The van der Waals surface area contributed by atoms with Gasteiger partial charge in [-0.2, -0.15) is 4.57 Å². The van der Waals surface area contributed by atoms with Crippen LogP contribution in [0.5, 0.6) is 0 Å². The van der Waals surface area contributed by atoms with Crippen molar-refractivity contribution in [3.8, 4) is 28.3 Å². The standard InChI is InChI=1S/C45H41N3OSi/c1-28(2)24-30-26-39-34-21-20-29(3)25-36(34)45(46(39)27-41(30)50(4,5)6)35-23-22-33-32-16-10-13-19-40(32)49-43(33)42(35)44-47(31-14-8-7-9-15-31)37-17-11-12-18-38(37)48(44)45/h7-23,25-28H,24H2,1-6H3/q+2. The monoisotopic (exact) mass is 667 g/mol. The number of aromatic nitrogens is 3. The van der Waals surface area contributed by atoms with Gasteiger partial charge < -0.3 is 4.42 Å². The molecule has 3 aromatic heterocycles. The van der Waals surface area contributed by atoms with Crippen molar-refractivity contribution in [2.75, 3.05) is 0 Å². The number of pyridine rings is 1. The second-order valence-corrected chi connectivity index (χ2v) is 20.9. The predicted octanol–water partition coefficient (Wildman–Crippen LogP) is 9.42. The third kappa shape index (κ3) is 3.76. The highest BCUT2D eigenvalue weighted by atomic mass is 28.3. The van der Waals surface area contributed by atoms with E-state index in [1.807, 2.05) is 0 Å². The van der Waals surface area contributed by atoms with Gasteiger partial charge in [-0.05, 0) is 79.4 Å². The van der Waals surface area contributed by atoms with Crippen LogP contribution in [-0.4, -0.2) is 12.6 Å². The van der Waals surface area contributed by atoms with Crippen LogP contribution in [0.2, 0.25) is 19.6 Å². The third-order valence-corrected chi connectivity index (χ3v) is 13.1. The summed E-state index contributed by atoms with van der Waals surface area (Å²) in [6.45, 7) is 14.4. The lowest BCUT2D eigenvalue weighted by atomic mass is 9.88. The number of nitrogens with zero attached hydrogens (tertiary/aromatic N) is 3. The van der Waals surface area contributed by atoms with Gasteiger partial charge in [0.05, 0.1) is 24.8 Å². The molecular weight excluding hydrogens is 627 g/mol. The lowest BCUT2D eigenvalue weighted by Crippen LogP contribution is -2.72. The van der Waals surface area contributed by atoms with Gasteiger partial charge in [-0.25, -0.2) is 0 Å². The molecule has 5 heteroatoms. The van der Waals surface area contributed by atoms with Gasteiger partial charge in [-0.15, -0.1) is 9.13 Å². The zero-order valence-corrected chi connectivity index (χ0v) is 30.6. The Bertz CT molecular complexity index is 2710. The Hall–Kier alpha value is -5.26. The van der Waals surface area contributed by atoms with Crippen LogP contribution in [0.4, 0.5) is 0 Å². The largest absolute Gasteiger partial charge is 0.455 e. The van der Waals surface area contributed by atoms with Gasteiger partial charge in [0.15, 0.2) is 22.8 Å². The number of hydrogen-bond donors (Lipinski definition) is 0. The molecule has 0 radical (unpaired) electrons. The summed E-state index contributed by atoms with van der Waals surface area (Å²) in [5, 5.41) is 3.83. The molecule has 8 aromatic rings. The van der Waals surface area contributed by atoms with Crippen LogP contribution in [0, 0.1) is 12.8 Å². The number of benzene rings is 5. The van der Waals surface area contributed by atoms with E-state index in [4.69, 9.17) is 4.42 Å². The molecule has 5 heterocycles. The number of imidazole rings is 1. The van der Waals surface area contributed by atoms with E-state index in [0.717, 1.165) is 45.4 Å². The van der Waals surface area contributed by atoms with E-state index in [-0.39, 0.29) is 0 Å². The molecule has 2 aliphatic rings. The first-order valence-electron chi connectivity index (χ1n) is 18.0. The molecular formula is C45H41N3OSi+2. The van der Waals surface area contributed by atoms with E-state index in [9.17, 15) is 0 Å². The molecule has 1 unspecified atom stereocenters. The highest BCUT2D eigenvalue weighted by Crippen LogP contribution is 2.52. The van der Waals surface area contributed by atoms with Crippen LogP contribution in [0.3, 0.4) is 0 Å². The first-order chi connectivity index (χ1) is 24.2. The van der Waals surface area contributed by atoms with Crippen LogP contribution in [-0.2, 0) is 12.1 Å². The molecule has 244 valence electrons. The van der Waals surface area contributed by atoms with Gasteiger partial charge >= 0.3 is 11.5 Å². The molecule has 0 bridgehead atoms. The number of hydrogen-bond acceptors (Lipinski definition) is 1. The third-order valence-electron chi connectivity index (χ3n) is 11.1. The maximum absolute atomic E-state index is 6.95. The van der Waals surface area contributed by atoms with Crippen molar-refractivity contribution < 1.29 is 13.6 Å². The molecule has 10 rings (SSSR count). The number of para-hydroxylation sites is 4. The summed E-state index contributed by atoms with van der Waals surface area (Å²) in [5.74, 6) is 1.71. The minimum Gasteiger partial charge on any atom is -0.455 e. The van der Waals surface area contributed by atoms with Crippen LogP contribution in [0.15, 0.2) is 126 Å². The molecule has 0 saturated carbocycles. The van der Waals surface area contributed by atoms with Gasteiger partial charge in [-0.1, -0.05) is 93.6 Å². The minimum absolute atomic E-state index is 0.569. The Morgan fingerprint density at radius 3 is 2.34 bits per heavy atom. The maximum Gasteiger partial charge on any atom is 0.364 e. The molecule has 0 saturated heterocycles. The molecule has 0 fully saturated rings. The molecule has 0 amide bonds. The summed E-state index contributed by atoms with van der Waals surface area (Å²) in [5.41, 5.74) is 13.8. The summed E-state index contributed by atoms with van der Waals surface area (Å²) in [6.07, 6.45) is 3.64. The average molecular weight is 668 g/mol. The van der Waals surface area contributed by atoms with Gasteiger partial charge in [0.2, 0.25) is 5.69 Å². The van der Waals surface area contributed by atoms with Gasteiger partial charge in [0, 0.05) is 22.0 Å². The topological polar surface area (TPSA) is 25.8 Å². The van der Waals surface area contributed by atoms with E-state index in [2.05, 4.69) is 176 Å². The summed E-state index contributed by atoms with van der Waals surface area (Å²) in [4.78, 5) is 0. The molecule has 4 nitrogen and oxygen atoms in total. The lowest BCUT2D eigenvalue weighted by Gasteiger charge is -2.24. The fourth-order valence-electron chi connectivity index (χ4n) is 9.14. The van der Waals surface area contributed by atoms with Gasteiger partial charge in [0.25, 0.3) is 0 Å². The Morgan fingerprint density at radius 1 is 0.780 bits per heavy atom. The first-order valence-corrected chi connectivity index (χ1v) is 21.5. The second-order valence-electron chi connectivity index (χ2n) is 15.8. The number of furan rings is 1. The van der Waals surface area contributed by atoms with Crippen molar-refractivity contribution in [3.63, 3.8) is 0 Å². The van der Waals surface area contributed by atoms with Crippen molar-refractivity contribution in [3.05, 3.63) is 144 Å². The smallest absolute Gasteiger partial charge is 0.364 e. The van der Waals surface area contributed by atoms with Crippen molar-refractivity contribution in [2.24, 2.45) is 5.92 Å². The van der Waals surface area contributed by atoms with E-state index >= 15 is 0 Å². The fraction of sp³-hybridized carbons (Fsp3) is 0.200. The van der Waals surface area contributed by atoms with Crippen LogP contribution >= 0.6 is 0 Å². The molecule has 1 spiro atoms. The van der Waals surface area contributed by atoms with E-state index in [1.54, 1.807) is 0 Å². The minimum atomic E-state index is -1.77. The summed E-state index contributed by atoms with van der Waals surface area (Å²) < 4.78 is 14.7. The molecule has 1 atom stereocenters. The summed E-state index contributed by atoms with van der Waals surface area (Å²) in [6, 6.07) is 42.6. The lowest BCUT2D eigenvalue weighted by molar-refractivity contribution is -0.944. The molecule has 50 heavy (non-hydrogen) atoms. The van der Waals surface area contributed by atoms with Gasteiger partial charge in [-0.3, -0.25) is 0 Å². The Labute approximate surface area is 293 Å². The van der Waals surface area contributed by atoms with Gasteiger partial charge in [0.1, 0.15) is 16.8 Å². The Morgan fingerprint density at radius 2 is 1.54 bits per heavy atom. The van der Waals surface area contributed by atoms with Crippen molar-refractivity contribution in [1.82, 2.24) is 4.57 Å². The highest BCUT2D eigenvalue weighted by Gasteiger charge is 2.67. The van der Waals surface area contributed by atoms with E-state index in [1.165, 1.54) is 49.7 Å². The van der Waals surface area contributed by atoms with Crippen molar-refractivity contribution in [1.29, 1.82) is 0 Å². The fourth-order valence-corrected chi connectivity index (χ4v) is 10.8. The highest BCUT2D eigenvalue weighted by molar-refractivity contribution is 6.89. The zero-order valence-electron chi connectivity index (χ0n) is 29.6. The second kappa shape index (κ2) is 10.1. The quantitative estimate of drug-likeness (QED) is 0.136. The maximum atomic E-state index is 6.95. The molecule has 5 aromatic carbocycles. The Balaban J connectivity index is 1.47. The number of aryl methyl sites for hydroxylation is 1. The zero-order chi connectivity index (χ0) is 34.1. The molecule has 0 N–H and O–H groups in total. The van der Waals surface area contributed by atoms with Crippen molar-refractivity contribution in [2.45, 2.75) is 52.5 Å². The average Bonchev–Trinajstić information content (AvgIpc) is 3.80. The summed E-state index contributed by atoms with van der Waals surface area (Å²) >= 11 is 0. The molecule has 0 aliphatic carbocycles. The summed E-state index contributed by atoms with van der Waals surface area (Å²) in [7, 11) is -1.77. The Kier molecular flexibility index (Phi) is 6.01. The number of rotatable bonds is 4. The van der Waals surface area contributed by atoms with Crippen molar-refractivity contribution >= 4 is 46.2 Å². The van der Waals surface area contributed by atoms with E-state index < -0.39 is 13.7 Å². The molecule has 2 aliphatic heterocycles. The number of fused-ring (bicyclic) bond motifs is 16. The van der Waals surface area contributed by atoms with E-state index in [0.29, 0.717) is 5.92 Å².